The lowest BCUT2D eigenvalue weighted by molar-refractivity contribution is 0.0760. The second-order valence-electron chi connectivity index (χ2n) is 5.28. The van der Waals surface area contributed by atoms with Crippen LogP contribution in [0.4, 0.5) is 8.78 Å². The van der Waals surface area contributed by atoms with E-state index >= 15 is 0 Å². The first-order valence-corrected chi connectivity index (χ1v) is 6.48. The van der Waals surface area contributed by atoms with Crippen LogP contribution in [-0.4, -0.2) is 37.7 Å². The minimum absolute atomic E-state index is 0.339. The highest BCUT2D eigenvalue weighted by atomic mass is 19.3. The summed E-state index contributed by atoms with van der Waals surface area (Å²) in [5.74, 6) is 0. The Hall–Kier alpha value is -0.480. The Bertz CT molecular complexity index is 286. The van der Waals surface area contributed by atoms with Crippen LogP contribution in [0.1, 0.15) is 32.6 Å². The number of ether oxygens (including phenoxy) is 1. The molecule has 0 aromatic rings. The monoisotopic (exact) mass is 245 g/mol. The highest BCUT2D eigenvalue weighted by Gasteiger charge is 2.44. The summed E-state index contributed by atoms with van der Waals surface area (Å²) in [6, 6.07) is 0. The van der Waals surface area contributed by atoms with E-state index in [1.165, 1.54) is 12.8 Å². The van der Waals surface area contributed by atoms with Crippen molar-refractivity contribution < 1.29 is 13.5 Å². The normalized spacial score (nSPS) is 23.8. The van der Waals surface area contributed by atoms with Gasteiger partial charge in [0.1, 0.15) is 0 Å². The van der Waals surface area contributed by atoms with Crippen molar-refractivity contribution >= 4 is 0 Å². The molecule has 2 aliphatic rings. The molecule has 0 unspecified atom stereocenters. The van der Waals surface area contributed by atoms with Gasteiger partial charge in [0.05, 0.1) is 6.61 Å². The zero-order chi connectivity index (χ0) is 12.3. The smallest absolute Gasteiger partial charge is 0.269 e. The molecule has 4 heteroatoms. The minimum atomic E-state index is -1.46. The van der Waals surface area contributed by atoms with Crippen LogP contribution >= 0.6 is 0 Å². The first-order chi connectivity index (χ1) is 8.15. The molecular formula is C13H21F2NO. The number of hydrogen-bond acceptors (Lipinski definition) is 2. The maximum Gasteiger partial charge on any atom is 0.269 e. The third-order valence-electron chi connectivity index (χ3n) is 3.86. The van der Waals surface area contributed by atoms with Crippen LogP contribution in [0.25, 0.3) is 0 Å². The van der Waals surface area contributed by atoms with E-state index in [-0.39, 0.29) is 0 Å². The van der Waals surface area contributed by atoms with Crippen molar-refractivity contribution in [2.75, 3.05) is 32.8 Å². The number of halogens is 2. The van der Waals surface area contributed by atoms with E-state index in [1.54, 1.807) is 0 Å². The van der Waals surface area contributed by atoms with E-state index in [0.717, 1.165) is 32.8 Å². The standard InChI is InChI=1S/C13H21F2NO/c1-2-17-10-13(5-6-13)9-16-7-3-11(4-8-16)12(14)15/h2-10H2,1H3. The Kier molecular flexibility index (Phi) is 4.15. The third kappa shape index (κ3) is 3.49. The third-order valence-corrected chi connectivity index (χ3v) is 3.86. The molecule has 1 saturated heterocycles. The van der Waals surface area contributed by atoms with Crippen LogP contribution in [0.15, 0.2) is 11.7 Å². The number of piperidine rings is 1. The van der Waals surface area contributed by atoms with Crippen LogP contribution in [-0.2, 0) is 4.74 Å². The number of nitrogens with zero attached hydrogens (tertiary/aromatic N) is 1. The molecule has 0 aromatic carbocycles. The molecule has 0 N–H and O–H groups in total. The van der Waals surface area contributed by atoms with Gasteiger partial charge in [-0.05, 0) is 38.2 Å². The van der Waals surface area contributed by atoms with Gasteiger partial charge in [-0.3, -0.25) is 0 Å². The van der Waals surface area contributed by atoms with Crippen LogP contribution in [0.2, 0.25) is 0 Å². The largest absolute Gasteiger partial charge is 0.381 e. The molecule has 2 nitrogen and oxygen atoms in total. The molecule has 2 rings (SSSR count). The molecule has 1 aliphatic carbocycles. The molecule has 1 heterocycles. The lowest BCUT2D eigenvalue weighted by Crippen LogP contribution is -2.37. The van der Waals surface area contributed by atoms with Crippen molar-refractivity contribution in [2.45, 2.75) is 32.6 Å². The molecule has 0 aromatic heterocycles. The van der Waals surface area contributed by atoms with Crippen molar-refractivity contribution in [3.05, 3.63) is 11.7 Å². The summed E-state index contributed by atoms with van der Waals surface area (Å²) in [4.78, 5) is 2.32. The summed E-state index contributed by atoms with van der Waals surface area (Å²) >= 11 is 0. The van der Waals surface area contributed by atoms with Gasteiger partial charge in [0, 0.05) is 31.7 Å². The lowest BCUT2D eigenvalue weighted by Gasteiger charge is -2.31. The Morgan fingerprint density at radius 3 is 2.41 bits per heavy atom. The van der Waals surface area contributed by atoms with Gasteiger partial charge in [-0.25, -0.2) is 0 Å². The molecule has 0 radical (unpaired) electrons. The lowest BCUT2D eigenvalue weighted by atomic mass is 10.0. The molecule has 0 amide bonds. The van der Waals surface area contributed by atoms with Gasteiger partial charge < -0.3 is 9.64 Å². The molecule has 0 spiro atoms. The SMILES string of the molecule is CCOCC1(CN2CCC(=C(F)F)CC2)CC1. The fourth-order valence-electron chi connectivity index (χ4n) is 2.49. The van der Waals surface area contributed by atoms with Crippen LogP contribution in [0.3, 0.4) is 0 Å². The summed E-state index contributed by atoms with van der Waals surface area (Å²) in [5.41, 5.74) is 0.696. The fraction of sp³-hybridized carbons (Fsp3) is 0.846. The number of rotatable bonds is 5. The average molecular weight is 245 g/mol. The summed E-state index contributed by atoms with van der Waals surface area (Å²) in [7, 11) is 0. The molecule has 2 fully saturated rings. The molecule has 0 bridgehead atoms. The fourth-order valence-corrected chi connectivity index (χ4v) is 2.49. The molecule has 0 atom stereocenters. The maximum atomic E-state index is 12.4. The molecule has 17 heavy (non-hydrogen) atoms. The second kappa shape index (κ2) is 5.44. The first-order valence-electron chi connectivity index (χ1n) is 6.48. The summed E-state index contributed by atoms with van der Waals surface area (Å²) in [6.07, 6.45) is 2.06. The van der Waals surface area contributed by atoms with Crippen molar-refractivity contribution in [1.82, 2.24) is 4.90 Å². The van der Waals surface area contributed by atoms with Gasteiger partial charge in [0.15, 0.2) is 0 Å². The Labute approximate surface area is 102 Å². The molecule has 98 valence electrons. The summed E-state index contributed by atoms with van der Waals surface area (Å²) < 4.78 is 30.3. The molecular weight excluding hydrogens is 224 g/mol. The quantitative estimate of drug-likeness (QED) is 0.738. The average Bonchev–Trinajstić information content (AvgIpc) is 3.07. The maximum absolute atomic E-state index is 12.4. The van der Waals surface area contributed by atoms with E-state index < -0.39 is 6.08 Å². The van der Waals surface area contributed by atoms with Crippen molar-refractivity contribution in [1.29, 1.82) is 0 Å². The Balaban J connectivity index is 1.77. The van der Waals surface area contributed by atoms with Crippen molar-refractivity contribution in [2.24, 2.45) is 5.41 Å². The first kappa shape index (κ1) is 13.0. The van der Waals surface area contributed by atoms with E-state index in [2.05, 4.69) is 4.90 Å². The van der Waals surface area contributed by atoms with Crippen LogP contribution < -0.4 is 0 Å². The molecule has 1 aliphatic heterocycles. The second-order valence-corrected chi connectivity index (χ2v) is 5.28. The van der Waals surface area contributed by atoms with Crippen molar-refractivity contribution in [3.63, 3.8) is 0 Å². The van der Waals surface area contributed by atoms with Gasteiger partial charge in [-0.1, -0.05) is 0 Å². The number of hydrogen-bond donors (Lipinski definition) is 0. The van der Waals surface area contributed by atoms with Gasteiger partial charge in [-0.2, -0.15) is 8.78 Å². The van der Waals surface area contributed by atoms with Crippen molar-refractivity contribution in [3.8, 4) is 0 Å². The summed E-state index contributed by atoms with van der Waals surface area (Å²) in [5, 5.41) is 0. The highest BCUT2D eigenvalue weighted by molar-refractivity contribution is 5.07. The minimum Gasteiger partial charge on any atom is -0.381 e. The van der Waals surface area contributed by atoms with Gasteiger partial charge in [0.2, 0.25) is 0 Å². The Morgan fingerprint density at radius 2 is 1.94 bits per heavy atom. The van der Waals surface area contributed by atoms with E-state index in [4.69, 9.17) is 4.74 Å². The molecule has 1 saturated carbocycles. The number of likely N-dealkylation sites (tertiary alicyclic amines) is 1. The van der Waals surface area contributed by atoms with Gasteiger partial charge in [-0.15, -0.1) is 0 Å². The topological polar surface area (TPSA) is 12.5 Å². The van der Waals surface area contributed by atoms with E-state index in [0.29, 0.717) is 23.8 Å². The van der Waals surface area contributed by atoms with Gasteiger partial charge >= 0.3 is 0 Å². The van der Waals surface area contributed by atoms with E-state index in [1.807, 2.05) is 6.92 Å². The zero-order valence-corrected chi connectivity index (χ0v) is 10.5. The van der Waals surface area contributed by atoms with Crippen LogP contribution in [0, 0.1) is 5.41 Å². The Morgan fingerprint density at radius 1 is 1.29 bits per heavy atom. The highest BCUT2D eigenvalue weighted by Crippen LogP contribution is 2.46. The van der Waals surface area contributed by atoms with E-state index in [9.17, 15) is 8.78 Å². The zero-order valence-electron chi connectivity index (χ0n) is 10.5. The predicted octanol–water partition coefficient (Wildman–Crippen LogP) is 3.05. The van der Waals surface area contributed by atoms with Gasteiger partial charge in [0.25, 0.3) is 6.08 Å². The predicted molar refractivity (Wildman–Crippen MR) is 63.1 cm³/mol. The summed E-state index contributed by atoms with van der Waals surface area (Å²) in [6.45, 7) is 6.19. The van der Waals surface area contributed by atoms with Crippen LogP contribution in [0.5, 0.6) is 0 Å².